The van der Waals surface area contributed by atoms with Crippen LogP contribution in [0.2, 0.25) is 5.02 Å². The van der Waals surface area contributed by atoms with Crippen LogP contribution >= 0.6 is 11.6 Å². The average Bonchev–Trinajstić information content (AvgIpc) is 3.39. The summed E-state index contributed by atoms with van der Waals surface area (Å²) in [5.74, 6) is -2.35. The minimum absolute atomic E-state index is 0.0111. The first-order valence-corrected chi connectivity index (χ1v) is 15.1. The summed E-state index contributed by atoms with van der Waals surface area (Å²) < 4.78 is 11.8. The van der Waals surface area contributed by atoms with Crippen LogP contribution in [0.3, 0.4) is 0 Å². The summed E-state index contributed by atoms with van der Waals surface area (Å²) in [5, 5.41) is 9.41. The molecule has 0 radical (unpaired) electrons. The van der Waals surface area contributed by atoms with Crippen LogP contribution in [0.25, 0.3) is 11.0 Å². The molecule has 4 atom stereocenters. The quantitative estimate of drug-likeness (QED) is 0.391. The number of halogens is 1. The fourth-order valence-corrected chi connectivity index (χ4v) is 5.67. The number of nitrogens with one attached hydrogen (secondary N) is 3. The number of hydrogen-bond donors (Lipinski definition) is 3. The zero-order valence-electron chi connectivity index (χ0n) is 25.3. The summed E-state index contributed by atoms with van der Waals surface area (Å²) in [6, 6.07) is 10.8. The third kappa shape index (κ3) is 7.63. The van der Waals surface area contributed by atoms with E-state index in [0.29, 0.717) is 16.2 Å². The number of carbonyl (C=O) groups excluding carboxylic acids is 5. The fourth-order valence-electron chi connectivity index (χ4n) is 5.51. The number of fused-ring (bicyclic) bond motifs is 3. The Bertz CT molecular complexity index is 1610. The molecule has 3 heterocycles. The Kier molecular flexibility index (Phi) is 9.74. The van der Waals surface area contributed by atoms with E-state index in [9.17, 15) is 24.0 Å². The van der Waals surface area contributed by atoms with Crippen molar-refractivity contribution in [3.63, 3.8) is 0 Å². The summed E-state index contributed by atoms with van der Waals surface area (Å²) in [4.78, 5) is 69.0. The molecule has 1 aromatic heterocycles. The number of amides is 5. The molecule has 13 heteroatoms. The van der Waals surface area contributed by atoms with E-state index < -0.39 is 47.9 Å². The highest BCUT2D eigenvalue weighted by Gasteiger charge is 2.37. The van der Waals surface area contributed by atoms with Crippen molar-refractivity contribution in [2.75, 3.05) is 33.2 Å². The van der Waals surface area contributed by atoms with E-state index in [4.69, 9.17) is 20.8 Å². The molecule has 0 aliphatic carbocycles. The van der Waals surface area contributed by atoms with Gasteiger partial charge in [-0.3, -0.25) is 24.0 Å². The van der Waals surface area contributed by atoms with Crippen molar-refractivity contribution in [3.05, 3.63) is 70.4 Å². The third-order valence-electron chi connectivity index (χ3n) is 8.02. The molecular weight excluding hydrogens is 602 g/mol. The van der Waals surface area contributed by atoms with E-state index in [-0.39, 0.29) is 44.9 Å². The smallest absolute Gasteiger partial charge is 0.251 e. The predicted octanol–water partition coefficient (Wildman–Crippen LogP) is 1.35. The second-order valence-corrected chi connectivity index (χ2v) is 12.0. The van der Waals surface area contributed by atoms with Gasteiger partial charge in [-0.05, 0) is 37.1 Å². The molecule has 45 heavy (non-hydrogen) atoms. The van der Waals surface area contributed by atoms with Gasteiger partial charge >= 0.3 is 0 Å². The zero-order chi connectivity index (χ0) is 32.2. The average molecular weight is 638 g/mol. The number of likely N-dealkylation sites (N-methyl/N-ethyl adjacent to an activating group) is 1. The molecule has 0 saturated carbocycles. The van der Waals surface area contributed by atoms with Crippen molar-refractivity contribution < 1.29 is 33.1 Å². The molecule has 238 valence electrons. The Balaban J connectivity index is 1.40. The second-order valence-electron chi connectivity index (χ2n) is 11.6. The van der Waals surface area contributed by atoms with Gasteiger partial charge in [0.05, 0.1) is 31.9 Å². The summed E-state index contributed by atoms with van der Waals surface area (Å²) in [7, 11) is 1.45. The summed E-state index contributed by atoms with van der Waals surface area (Å²) >= 11 is 6.33. The van der Waals surface area contributed by atoms with Crippen LogP contribution in [-0.4, -0.2) is 96.9 Å². The van der Waals surface area contributed by atoms with Crippen molar-refractivity contribution in [1.29, 1.82) is 0 Å². The monoisotopic (exact) mass is 637 g/mol. The van der Waals surface area contributed by atoms with Gasteiger partial charge in [-0.1, -0.05) is 41.9 Å². The second kappa shape index (κ2) is 13.7. The largest absolute Gasteiger partial charge is 0.464 e. The molecule has 0 unspecified atom stereocenters. The van der Waals surface area contributed by atoms with E-state index in [2.05, 4.69) is 16.0 Å². The first-order chi connectivity index (χ1) is 21.5. The van der Waals surface area contributed by atoms with Crippen LogP contribution in [0.15, 0.2) is 53.1 Å². The molecule has 2 aliphatic heterocycles. The Morgan fingerprint density at radius 3 is 2.56 bits per heavy atom. The number of ether oxygens (including phenoxy) is 1. The van der Waals surface area contributed by atoms with Gasteiger partial charge in [-0.2, -0.15) is 0 Å². The van der Waals surface area contributed by atoms with Crippen molar-refractivity contribution in [2.45, 2.75) is 51.0 Å². The predicted molar refractivity (Wildman–Crippen MR) is 165 cm³/mol. The number of rotatable bonds is 4. The van der Waals surface area contributed by atoms with Crippen LogP contribution in [0.4, 0.5) is 0 Å². The number of benzene rings is 2. The lowest BCUT2D eigenvalue weighted by Crippen LogP contribution is -2.59. The molecule has 2 saturated heterocycles. The summed E-state index contributed by atoms with van der Waals surface area (Å²) in [6.07, 6.45) is -0.180. The lowest BCUT2D eigenvalue weighted by Gasteiger charge is -2.38. The molecule has 2 bridgehead atoms. The maximum absolute atomic E-state index is 13.7. The van der Waals surface area contributed by atoms with Gasteiger partial charge in [0.15, 0.2) is 6.10 Å². The molecule has 2 fully saturated rings. The van der Waals surface area contributed by atoms with E-state index in [1.54, 1.807) is 6.07 Å². The van der Waals surface area contributed by atoms with Crippen LogP contribution in [-0.2, 0) is 41.6 Å². The van der Waals surface area contributed by atoms with Crippen LogP contribution in [0.1, 0.15) is 23.6 Å². The lowest BCUT2D eigenvalue weighted by atomic mass is 10.0. The summed E-state index contributed by atoms with van der Waals surface area (Å²) in [5.41, 5.74) is 2.91. The van der Waals surface area contributed by atoms with Crippen LogP contribution in [0, 0.1) is 6.92 Å². The highest BCUT2D eigenvalue weighted by atomic mass is 35.5. The van der Waals surface area contributed by atoms with Gasteiger partial charge < -0.3 is 34.9 Å². The van der Waals surface area contributed by atoms with Crippen molar-refractivity contribution >= 4 is 52.1 Å². The number of aryl methyl sites for hydroxylation is 1. The number of furan rings is 1. The lowest BCUT2D eigenvalue weighted by molar-refractivity contribution is -0.157. The van der Waals surface area contributed by atoms with E-state index in [0.717, 1.165) is 16.5 Å². The van der Waals surface area contributed by atoms with Crippen molar-refractivity contribution in [2.24, 2.45) is 0 Å². The molecule has 5 amide bonds. The Labute approximate surface area is 265 Å². The molecular formula is C32H36ClN5O7. The van der Waals surface area contributed by atoms with Gasteiger partial charge in [0.1, 0.15) is 17.7 Å². The molecule has 3 N–H and O–H groups in total. The number of carbonyl (C=O) groups is 5. The normalized spacial score (nSPS) is 23.6. The standard InChI is InChI=1S/C32H36ClN5O7/c1-18-9-26-23(12-24(18)33)21(17-44-26)11-29(40)38-14-22-13-34-30(41)19(2)35-28(39)16-37(3)32(43)25(10-20-7-5-4-6-8-20)36-31(42)27(15-38)45-22/h4-9,12,17,19,22,25,27H,10-11,13-16H2,1-3H3,(H,34,41)(H,35,39)(H,36,42)/t19-,22+,25-,27-/m1/s1. The Morgan fingerprint density at radius 1 is 1.04 bits per heavy atom. The first-order valence-electron chi connectivity index (χ1n) is 14.7. The zero-order valence-corrected chi connectivity index (χ0v) is 26.1. The molecule has 3 aromatic rings. The van der Waals surface area contributed by atoms with E-state index in [1.165, 1.54) is 30.0 Å². The summed E-state index contributed by atoms with van der Waals surface area (Å²) in [6.45, 7) is 3.11. The number of nitrogens with zero attached hydrogens (tertiary/aromatic N) is 2. The van der Waals surface area contributed by atoms with E-state index >= 15 is 0 Å². The van der Waals surface area contributed by atoms with Crippen LogP contribution < -0.4 is 16.0 Å². The van der Waals surface area contributed by atoms with E-state index in [1.807, 2.05) is 43.3 Å². The van der Waals surface area contributed by atoms with Crippen LogP contribution in [0.5, 0.6) is 0 Å². The van der Waals surface area contributed by atoms with Gasteiger partial charge in [0, 0.05) is 42.5 Å². The van der Waals surface area contributed by atoms with Gasteiger partial charge in [0.2, 0.25) is 23.6 Å². The maximum atomic E-state index is 13.7. The maximum Gasteiger partial charge on any atom is 0.251 e. The molecule has 12 nitrogen and oxygen atoms in total. The van der Waals surface area contributed by atoms with Gasteiger partial charge in [-0.15, -0.1) is 0 Å². The first kappa shape index (κ1) is 32.0. The SMILES string of the molecule is Cc1cc2occ(CC(=O)N3C[C@@H]4CNC(=O)[C@@H](C)NC(=O)CN(C)C(=O)[C@@H](Cc5ccccc5)NC(=O)[C@@H](C3)O4)c2cc1Cl. The van der Waals surface area contributed by atoms with Crippen molar-refractivity contribution in [1.82, 2.24) is 25.8 Å². The molecule has 5 rings (SSSR count). The minimum atomic E-state index is -1.12. The number of morpholine rings is 1. The Morgan fingerprint density at radius 2 is 1.80 bits per heavy atom. The minimum Gasteiger partial charge on any atom is -0.464 e. The number of hydrogen-bond acceptors (Lipinski definition) is 7. The van der Waals surface area contributed by atoms with Crippen molar-refractivity contribution in [3.8, 4) is 0 Å². The fraction of sp³-hybridized carbons (Fsp3) is 0.406. The third-order valence-corrected chi connectivity index (χ3v) is 8.42. The Hall–Kier alpha value is -4.42. The highest BCUT2D eigenvalue weighted by molar-refractivity contribution is 6.32. The molecule has 2 aliphatic rings. The highest BCUT2D eigenvalue weighted by Crippen LogP contribution is 2.28. The van der Waals surface area contributed by atoms with Gasteiger partial charge in [0.25, 0.3) is 5.91 Å². The molecule has 0 spiro atoms. The molecule has 2 aromatic carbocycles. The topological polar surface area (TPSA) is 150 Å². The van der Waals surface area contributed by atoms with Gasteiger partial charge in [-0.25, -0.2) is 0 Å².